The normalized spacial score (nSPS) is 19.2. The molecule has 1 aliphatic heterocycles. The molecule has 0 bridgehead atoms. The summed E-state index contributed by atoms with van der Waals surface area (Å²) in [5.74, 6) is 0.204. The van der Waals surface area contributed by atoms with Crippen LogP contribution in [-0.2, 0) is 0 Å². The van der Waals surface area contributed by atoms with Gasteiger partial charge >= 0.3 is 0 Å². The lowest BCUT2D eigenvalue weighted by atomic mass is 10.2. The largest absolute Gasteiger partial charge is 0.334 e. The first-order chi connectivity index (χ1) is 7.72. The molecule has 1 atom stereocenters. The molecule has 1 aromatic rings. The number of nitrogens with one attached hydrogen (secondary N) is 1. The maximum absolute atomic E-state index is 12.3. The van der Waals surface area contributed by atoms with E-state index in [2.05, 4.69) is 5.32 Å². The second-order valence-corrected chi connectivity index (χ2v) is 5.55. The molecule has 1 amide bonds. The Morgan fingerprint density at radius 2 is 2.35 bits per heavy atom. The molecule has 2 heterocycles. The monoisotopic (exact) mass is 274 g/mol. The fourth-order valence-electron chi connectivity index (χ4n) is 2.24. The Morgan fingerprint density at radius 1 is 1.59 bits per heavy atom. The van der Waals surface area contributed by atoms with Gasteiger partial charge in [0.05, 0.1) is 4.88 Å². The van der Waals surface area contributed by atoms with Gasteiger partial charge in [-0.2, -0.15) is 0 Å². The first kappa shape index (κ1) is 14.5. The smallest absolute Gasteiger partial charge is 0.264 e. The number of carbonyl (C=O) groups excluding carboxylic acids is 1. The predicted octanol–water partition coefficient (Wildman–Crippen LogP) is 2.30. The number of hydrogen-bond acceptors (Lipinski definition) is 3. The lowest BCUT2D eigenvalue weighted by Gasteiger charge is -2.23. The van der Waals surface area contributed by atoms with Crippen molar-refractivity contribution in [3.05, 3.63) is 21.9 Å². The molecule has 2 rings (SSSR count). The van der Waals surface area contributed by atoms with Gasteiger partial charge in [-0.3, -0.25) is 4.79 Å². The van der Waals surface area contributed by atoms with E-state index in [1.165, 1.54) is 4.88 Å². The van der Waals surface area contributed by atoms with Crippen molar-refractivity contribution in [3.8, 4) is 0 Å². The van der Waals surface area contributed by atoms with E-state index in [-0.39, 0.29) is 18.3 Å². The predicted molar refractivity (Wildman–Crippen MR) is 74.3 cm³/mol. The van der Waals surface area contributed by atoms with E-state index >= 15 is 0 Å². The van der Waals surface area contributed by atoms with Gasteiger partial charge in [0, 0.05) is 24.0 Å². The number of likely N-dealkylation sites (tertiary alicyclic amines) is 1. The van der Waals surface area contributed by atoms with Gasteiger partial charge in [0.25, 0.3) is 5.91 Å². The summed E-state index contributed by atoms with van der Waals surface area (Å²) in [5.41, 5.74) is 0. The van der Waals surface area contributed by atoms with Crippen LogP contribution in [0, 0.1) is 6.92 Å². The second kappa shape index (κ2) is 6.38. The number of carbonyl (C=O) groups is 1. The zero-order valence-electron chi connectivity index (χ0n) is 10.2. The molecule has 1 aromatic heterocycles. The van der Waals surface area contributed by atoms with Crippen LogP contribution >= 0.6 is 23.7 Å². The van der Waals surface area contributed by atoms with Crippen molar-refractivity contribution in [2.75, 3.05) is 20.1 Å². The number of halogens is 1. The summed E-state index contributed by atoms with van der Waals surface area (Å²) in [7, 11) is 1.94. The molecule has 5 heteroatoms. The van der Waals surface area contributed by atoms with Gasteiger partial charge in [-0.25, -0.2) is 0 Å². The minimum absolute atomic E-state index is 0. The quantitative estimate of drug-likeness (QED) is 0.917. The van der Waals surface area contributed by atoms with E-state index in [0.717, 1.165) is 30.8 Å². The van der Waals surface area contributed by atoms with Crippen LogP contribution in [0.4, 0.5) is 0 Å². The van der Waals surface area contributed by atoms with Gasteiger partial charge in [0.1, 0.15) is 0 Å². The molecule has 96 valence electrons. The number of likely N-dealkylation sites (N-methyl/N-ethyl adjacent to an activating group) is 1. The van der Waals surface area contributed by atoms with Gasteiger partial charge in [-0.1, -0.05) is 0 Å². The topological polar surface area (TPSA) is 32.3 Å². The van der Waals surface area contributed by atoms with Crippen molar-refractivity contribution in [3.63, 3.8) is 0 Å². The summed E-state index contributed by atoms with van der Waals surface area (Å²) in [6.07, 6.45) is 2.25. The van der Waals surface area contributed by atoms with E-state index in [9.17, 15) is 4.79 Å². The zero-order chi connectivity index (χ0) is 11.5. The Labute approximate surface area is 113 Å². The van der Waals surface area contributed by atoms with Crippen LogP contribution in [0.1, 0.15) is 27.4 Å². The molecule has 1 fully saturated rings. The number of thiophene rings is 1. The highest BCUT2D eigenvalue weighted by molar-refractivity contribution is 7.13. The first-order valence-electron chi connectivity index (χ1n) is 5.74. The number of nitrogens with zero attached hydrogens (tertiary/aromatic N) is 1. The summed E-state index contributed by atoms with van der Waals surface area (Å²) in [6.45, 7) is 3.84. The Hall–Kier alpha value is -0.580. The lowest BCUT2D eigenvalue weighted by Crippen LogP contribution is -2.40. The second-order valence-electron chi connectivity index (χ2n) is 4.26. The Morgan fingerprint density at radius 3 is 2.94 bits per heavy atom. The molecule has 0 radical (unpaired) electrons. The molecule has 0 spiro atoms. The maximum atomic E-state index is 12.3. The van der Waals surface area contributed by atoms with Crippen molar-refractivity contribution in [1.29, 1.82) is 0 Å². The summed E-state index contributed by atoms with van der Waals surface area (Å²) in [6, 6.07) is 4.33. The highest BCUT2D eigenvalue weighted by Gasteiger charge is 2.29. The first-order valence-corrected chi connectivity index (χ1v) is 6.56. The number of rotatable bonds is 3. The average molecular weight is 275 g/mol. The van der Waals surface area contributed by atoms with E-state index in [0.29, 0.717) is 6.04 Å². The standard InChI is InChI=1S/C12H18N2OS.ClH/c1-9-5-6-11(16-9)12(15)14-7-3-4-10(14)8-13-2;/h5-6,10,13H,3-4,7-8H2,1-2H3;1H. The Balaban J connectivity index is 0.00000144. The summed E-state index contributed by atoms with van der Waals surface area (Å²) < 4.78 is 0. The van der Waals surface area contributed by atoms with E-state index in [1.807, 2.05) is 31.0 Å². The van der Waals surface area contributed by atoms with Crippen molar-refractivity contribution >= 4 is 29.7 Å². The molecule has 0 saturated carbocycles. The van der Waals surface area contributed by atoms with Crippen molar-refractivity contribution < 1.29 is 4.79 Å². The Kier molecular flexibility index (Phi) is 5.43. The summed E-state index contributed by atoms with van der Waals surface area (Å²) in [4.78, 5) is 16.3. The zero-order valence-corrected chi connectivity index (χ0v) is 11.9. The molecule has 1 unspecified atom stereocenters. The highest BCUT2D eigenvalue weighted by atomic mass is 35.5. The third-order valence-electron chi connectivity index (χ3n) is 3.03. The molecule has 1 N–H and O–H groups in total. The third-order valence-corrected chi connectivity index (χ3v) is 4.02. The van der Waals surface area contributed by atoms with Crippen molar-refractivity contribution in [2.45, 2.75) is 25.8 Å². The highest BCUT2D eigenvalue weighted by Crippen LogP contribution is 2.23. The van der Waals surface area contributed by atoms with Gasteiger partial charge in [-0.05, 0) is 38.9 Å². The fourth-order valence-corrected chi connectivity index (χ4v) is 3.07. The molecule has 17 heavy (non-hydrogen) atoms. The van der Waals surface area contributed by atoms with Crippen LogP contribution in [0.3, 0.4) is 0 Å². The molecular weight excluding hydrogens is 256 g/mol. The van der Waals surface area contributed by atoms with Crippen LogP contribution in [0.2, 0.25) is 0 Å². The fraction of sp³-hybridized carbons (Fsp3) is 0.583. The summed E-state index contributed by atoms with van der Waals surface area (Å²) >= 11 is 1.59. The molecule has 0 aliphatic carbocycles. The number of hydrogen-bond donors (Lipinski definition) is 1. The number of aryl methyl sites for hydroxylation is 1. The van der Waals surface area contributed by atoms with Gasteiger partial charge in [0.2, 0.25) is 0 Å². The Bertz CT molecular complexity index is 380. The van der Waals surface area contributed by atoms with Crippen LogP contribution in [0.5, 0.6) is 0 Å². The summed E-state index contributed by atoms with van der Waals surface area (Å²) in [5, 5.41) is 3.16. The van der Waals surface area contributed by atoms with Crippen LogP contribution in [0.15, 0.2) is 12.1 Å². The van der Waals surface area contributed by atoms with Crippen LogP contribution in [0.25, 0.3) is 0 Å². The van der Waals surface area contributed by atoms with Crippen molar-refractivity contribution in [2.24, 2.45) is 0 Å². The van der Waals surface area contributed by atoms with Crippen molar-refractivity contribution in [1.82, 2.24) is 10.2 Å². The van der Waals surface area contributed by atoms with E-state index < -0.39 is 0 Å². The molecule has 1 aliphatic rings. The van der Waals surface area contributed by atoms with Crippen LogP contribution < -0.4 is 5.32 Å². The SMILES string of the molecule is CNCC1CCCN1C(=O)c1ccc(C)s1.Cl. The third kappa shape index (κ3) is 3.21. The minimum atomic E-state index is 0. The minimum Gasteiger partial charge on any atom is -0.334 e. The van der Waals surface area contributed by atoms with Gasteiger partial charge in [-0.15, -0.1) is 23.7 Å². The maximum Gasteiger partial charge on any atom is 0.264 e. The molecule has 0 aromatic carbocycles. The van der Waals surface area contributed by atoms with Gasteiger partial charge < -0.3 is 10.2 Å². The average Bonchev–Trinajstić information content (AvgIpc) is 2.87. The van der Waals surface area contributed by atoms with E-state index in [4.69, 9.17) is 0 Å². The molecule has 1 saturated heterocycles. The molecule has 3 nitrogen and oxygen atoms in total. The van der Waals surface area contributed by atoms with E-state index in [1.54, 1.807) is 11.3 Å². The molecular formula is C12H19ClN2OS. The number of amides is 1. The lowest BCUT2D eigenvalue weighted by molar-refractivity contribution is 0.0742. The van der Waals surface area contributed by atoms with Gasteiger partial charge in [0.15, 0.2) is 0 Å². The van der Waals surface area contributed by atoms with Crippen LogP contribution in [-0.4, -0.2) is 37.0 Å².